The third-order valence-electron chi connectivity index (χ3n) is 2.97. The normalized spacial score (nSPS) is 27.5. The molecule has 2 rings (SSSR count). The monoisotopic (exact) mass is 191 g/mol. The first-order chi connectivity index (χ1) is 6.77. The minimum atomic E-state index is 0.340. The van der Waals surface area contributed by atoms with Crippen LogP contribution in [0.1, 0.15) is 31.4 Å². The Morgan fingerprint density at radius 3 is 2.71 bits per heavy atom. The van der Waals surface area contributed by atoms with Gasteiger partial charge in [-0.1, -0.05) is 25.1 Å². The number of benzene rings is 1. The molecule has 0 spiro atoms. The van der Waals surface area contributed by atoms with Crippen molar-refractivity contribution in [1.29, 1.82) is 0 Å². The average molecular weight is 191 g/mol. The van der Waals surface area contributed by atoms with Crippen LogP contribution in [0.15, 0.2) is 24.3 Å². The zero-order valence-corrected chi connectivity index (χ0v) is 8.53. The molecule has 1 heterocycles. The van der Waals surface area contributed by atoms with E-state index in [9.17, 15) is 5.11 Å². The summed E-state index contributed by atoms with van der Waals surface area (Å²) in [6, 6.07) is 7.95. The Bertz CT molecular complexity index is 303. The van der Waals surface area contributed by atoms with Gasteiger partial charge < -0.3 is 10.4 Å². The van der Waals surface area contributed by atoms with Gasteiger partial charge in [0.05, 0.1) is 0 Å². The van der Waals surface area contributed by atoms with E-state index >= 15 is 0 Å². The van der Waals surface area contributed by atoms with E-state index in [0.29, 0.717) is 11.8 Å². The molecule has 0 saturated carbocycles. The van der Waals surface area contributed by atoms with Crippen molar-refractivity contribution in [2.24, 2.45) is 5.92 Å². The van der Waals surface area contributed by atoms with Crippen molar-refractivity contribution in [1.82, 2.24) is 5.32 Å². The molecule has 2 heteroatoms. The molecule has 0 radical (unpaired) electrons. The fourth-order valence-corrected chi connectivity index (χ4v) is 2.05. The smallest absolute Gasteiger partial charge is 0.120 e. The Morgan fingerprint density at radius 2 is 2.07 bits per heavy atom. The van der Waals surface area contributed by atoms with Gasteiger partial charge in [0.2, 0.25) is 0 Å². The van der Waals surface area contributed by atoms with Gasteiger partial charge in [-0.3, -0.25) is 0 Å². The first kappa shape index (κ1) is 9.53. The van der Waals surface area contributed by atoms with Gasteiger partial charge in [0.25, 0.3) is 0 Å². The molecule has 1 aliphatic rings. The third kappa shape index (κ3) is 1.90. The van der Waals surface area contributed by atoms with E-state index in [1.807, 2.05) is 18.2 Å². The quantitative estimate of drug-likeness (QED) is 0.714. The topological polar surface area (TPSA) is 32.3 Å². The standard InChI is InChI=1S/C12H17NO/c1-9-6-7-11(13-8-9)10-4-2-3-5-12(10)14/h2-5,9,11,13-14H,6-8H2,1H3. The number of para-hydroxylation sites is 1. The molecule has 2 atom stereocenters. The predicted molar refractivity (Wildman–Crippen MR) is 57.2 cm³/mol. The number of hydrogen-bond donors (Lipinski definition) is 2. The van der Waals surface area contributed by atoms with Gasteiger partial charge >= 0.3 is 0 Å². The summed E-state index contributed by atoms with van der Waals surface area (Å²) in [7, 11) is 0. The van der Waals surface area contributed by atoms with Crippen LogP contribution in [0.4, 0.5) is 0 Å². The minimum Gasteiger partial charge on any atom is -0.508 e. The summed E-state index contributed by atoms with van der Waals surface area (Å²) in [6.07, 6.45) is 2.37. The average Bonchev–Trinajstić information content (AvgIpc) is 2.20. The van der Waals surface area contributed by atoms with E-state index in [2.05, 4.69) is 12.2 Å². The van der Waals surface area contributed by atoms with E-state index in [1.54, 1.807) is 6.07 Å². The molecular formula is C12H17NO. The van der Waals surface area contributed by atoms with Crippen molar-refractivity contribution in [3.05, 3.63) is 29.8 Å². The summed E-state index contributed by atoms with van der Waals surface area (Å²) in [5, 5.41) is 13.2. The zero-order valence-electron chi connectivity index (χ0n) is 8.53. The van der Waals surface area contributed by atoms with E-state index in [4.69, 9.17) is 0 Å². The summed E-state index contributed by atoms with van der Waals surface area (Å²) in [5.41, 5.74) is 1.04. The molecule has 1 aliphatic heterocycles. The largest absolute Gasteiger partial charge is 0.508 e. The fraction of sp³-hybridized carbons (Fsp3) is 0.500. The second-order valence-electron chi connectivity index (χ2n) is 4.20. The van der Waals surface area contributed by atoms with Crippen molar-refractivity contribution < 1.29 is 5.11 Å². The van der Waals surface area contributed by atoms with Gasteiger partial charge in [-0.15, -0.1) is 0 Å². The van der Waals surface area contributed by atoms with Crippen molar-refractivity contribution >= 4 is 0 Å². The first-order valence-electron chi connectivity index (χ1n) is 5.28. The van der Waals surface area contributed by atoms with E-state index < -0.39 is 0 Å². The molecule has 0 aliphatic carbocycles. The maximum Gasteiger partial charge on any atom is 0.120 e. The van der Waals surface area contributed by atoms with Crippen molar-refractivity contribution in [2.75, 3.05) is 6.54 Å². The fourth-order valence-electron chi connectivity index (χ4n) is 2.05. The van der Waals surface area contributed by atoms with E-state index in [-0.39, 0.29) is 0 Å². The number of nitrogens with one attached hydrogen (secondary N) is 1. The number of hydrogen-bond acceptors (Lipinski definition) is 2. The van der Waals surface area contributed by atoms with Crippen LogP contribution >= 0.6 is 0 Å². The molecule has 1 saturated heterocycles. The van der Waals surface area contributed by atoms with Crippen LogP contribution in [0.5, 0.6) is 5.75 Å². The molecule has 0 amide bonds. The highest BCUT2D eigenvalue weighted by molar-refractivity contribution is 5.34. The van der Waals surface area contributed by atoms with Gasteiger partial charge in [0, 0.05) is 11.6 Å². The van der Waals surface area contributed by atoms with Gasteiger partial charge in [-0.25, -0.2) is 0 Å². The van der Waals surface area contributed by atoms with Crippen molar-refractivity contribution in [3.63, 3.8) is 0 Å². The number of phenols is 1. The van der Waals surface area contributed by atoms with Gasteiger partial charge in [0.1, 0.15) is 5.75 Å². The maximum atomic E-state index is 9.69. The molecule has 76 valence electrons. The van der Waals surface area contributed by atoms with E-state index in [0.717, 1.165) is 24.4 Å². The van der Waals surface area contributed by atoms with Crippen molar-refractivity contribution in [2.45, 2.75) is 25.8 Å². The van der Waals surface area contributed by atoms with E-state index in [1.165, 1.54) is 6.42 Å². The Kier molecular flexibility index (Phi) is 2.73. The first-order valence-corrected chi connectivity index (χ1v) is 5.28. The van der Waals surface area contributed by atoms with Crippen molar-refractivity contribution in [3.8, 4) is 5.75 Å². The molecular weight excluding hydrogens is 174 g/mol. The Labute approximate surface area is 85.0 Å². The molecule has 2 N–H and O–H groups in total. The van der Waals surface area contributed by atoms with Crippen LogP contribution in [0, 0.1) is 5.92 Å². The predicted octanol–water partition coefficient (Wildman–Crippen LogP) is 2.45. The van der Waals surface area contributed by atoms with Crippen LogP contribution < -0.4 is 5.32 Å². The number of piperidine rings is 1. The summed E-state index contributed by atoms with van der Waals surface area (Å²) >= 11 is 0. The summed E-state index contributed by atoms with van der Waals surface area (Å²) in [4.78, 5) is 0. The van der Waals surface area contributed by atoms with Crippen LogP contribution in [-0.2, 0) is 0 Å². The molecule has 0 aromatic heterocycles. The summed E-state index contributed by atoms with van der Waals surface area (Å²) in [6.45, 7) is 3.31. The maximum absolute atomic E-state index is 9.69. The molecule has 1 fully saturated rings. The lowest BCUT2D eigenvalue weighted by Gasteiger charge is -2.28. The molecule has 2 unspecified atom stereocenters. The molecule has 0 bridgehead atoms. The van der Waals surface area contributed by atoms with Crippen LogP contribution in [0.25, 0.3) is 0 Å². The van der Waals surface area contributed by atoms with Gasteiger partial charge in [0.15, 0.2) is 0 Å². The lowest BCUT2D eigenvalue weighted by atomic mass is 9.92. The minimum absolute atomic E-state index is 0.340. The second kappa shape index (κ2) is 4.01. The lowest BCUT2D eigenvalue weighted by molar-refractivity contribution is 0.325. The SMILES string of the molecule is CC1CCC(c2ccccc2O)NC1. The Balaban J connectivity index is 2.12. The Hall–Kier alpha value is -1.02. The highest BCUT2D eigenvalue weighted by atomic mass is 16.3. The highest BCUT2D eigenvalue weighted by Gasteiger charge is 2.20. The summed E-state index contributed by atoms with van der Waals surface area (Å²) in [5.74, 6) is 1.18. The van der Waals surface area contributed by atoms with Gasteiger partial charge in [-0.05, 0) is 31.4 Å². The number of aromatic hydroxyl groups is 1. The second-order valence-corrected chi connectivity index (χ2v) is 4.20. The molecule has 1 aromatic carbocycles. The molecule has 14 heavy (non-hydrogen) atoms. The van der Waals surface area contributed by atoms with Crippen LogP contribution in [0.3, 0.4) is 0 Å². The molecule has 1 aromatic rings. The Morgan fingerprint density at radius 1 is 1.29 bits per heavy atom. The lowest BCUT2D eigenvalue weighted by Crippen LogP contribution is -2.31. The highest BCUT2D eigenvalue weighted by Crippen LogP contribution is 2.30. The third-order valence-corrected chi connectivity index (χ3v) is 2.97. The summed E-state index contributed by atoms with van der Waals surface area (Å²) < 4.78 is 0. The zero-order chi connectivity index (χ0) is 9.97. The number of phenolic OH excluding ortho intramolecular Hbond substituents is 1. The van der Waals surface area contributed by atoms with Crippen LogP contribution in [-0.4, -0.2) is 11.7 Å². The number of rotatable bonds is 1. The molecule has 2 nitrogen and oxygen atoms in total. The van der Waals surface area contributed by atoms with Gasteiger partial charge in [-0.2, -0.15) is 0 Å². The van der Waals surface area contributed by atoms with Crippen LogP contribution in [0.2, 0.25) is 0 Å².